The third kappa shape index (κ3) is 3.64. The second-order valence-electron chi connectivity index (χ2n) is 16.7. The summed E-state index contributed by atoms with van der Waals surface area (Å²) in [6, 6.07) is 72.8. The van der Waals surface area contributed by atoms with Gasteiger partial charge in [0, 0.05) is 88.7 Å². The first-order valence-electron chi connectivity index (χ1n) is 21.0. The lowest BCUT2D eigenvalue weighted by Gasteiger charge is -2.46. The first-order valence-corrected chi connectivity index (χ1v) is 21.0. The zero-order chi connectivity index (χ0) is 38.8. The quantitative estimate of drug-likeness (QED) is 0.163. The van der Waals surface area contributed by atoms with Gasteiger partial charge >= 0.3 is 13.7 Å². The Balaban J connectivity index is 1.20. The molecular formula is C54H32B2N4. The maximum atomic E-state index is 2.69. The second-order valence-corrected chi connectivity index (χ2v) is 16.7. The van der Waals surface area contributed by atoms with E-state index < -0.39 is 0 Å². The lowest BCUT2D eigenvalue weighted by molar-refractivity contribution is 1.23. The van der Waals surface area contributed by atoms with Crippen molar-refractivity contribution in [3.05, 3.63) is 194 Å². The second kappa shape index (κ2) is 11.1. The van der Waals surface area contributed by atoms with Gasteiger partial charge < -0.3 is 18.8 Å². The van der Waals surface area contributed by atoms with Crippen LogP contribution in [0.25, 0.3) is 65.9 Å². The fourth-order valence-corrected chi connectivity index (χ4v) is 11.9. The molecule has 0 atom stereocenters. The molecular weight excluding hydrogens is 726 g/mol. The first-order chi connectivity index (χ1) is 29.8. The summed E-state index contributed by atoms with van der Waals surface area (Å²) in [5.41, 5.74) is 22.9. The van der Waals surface area contributed by atoms with E-state index in [-0.39, 0.29) is 13.7 Å². The van der Waals surface area contributed by atoms with Gasteiger partial charge in [-0.15, -0.1) is 0 Å². The van der Waals surface area contributed by atoms with E-state index in [1.165, 1.54) is 110 Å². The Hall–Kier alpha value is -7.69. The molecule has 0 spiro atoms. The van der Waals surface area contributed by atoms with Gasteiger partial charge in [0.2, 0.25) is 0 Å². The Bertz CT molecular complexity index is 3700. The normalized spacial score (nSPS) is 13.9. The lowest BCUT2D eigenvalue weighted by atomic mass is 9.41. The van der Waals surface area contributed by atoms with E-state index in [1.807, 2.05) is 0 Å². The van der Waals surface area contributed by atoms with Gasteiger partial charge in [-0.25, -0.2) is 0 Å². The van der Waals surface area contributed by atoms with E-state index in [0.717, 1.165) is 11.4 Å². The van der Waals surface area contributed by atoms with Gasteiger partial charge in [-0.3, -0.25) is 0 Å². The molecule has 2 aromatic heterocycles. The highest BCUT2D eigenvalue weighted by atomic mass is 15.2. The van der Waals surface area contributed by atoms with E-state index in [2.05, 4.69) is 213 Å². The molecule has 0 saturated carbocycles. The zero-order valence-corrected chi connectivity index (χ0v) is 32.4. The minimum Gasteiger partial charge on any atom is -0.375 e. The predicted molar refractivity (Wildman–Crippen MR) is 254 cm³/mol. The van der Waals surface area contributed by atoms with E-state index in [0.29, 0.717) is 0 Å². The van der Waals surface area contributed by atoms with Crippen molar-refractivity contribution < 1.29 is 0 Å². The molecule has 60 heavy (non-hydrogen) atoms. The van der Waals surface area contributed by atoms with Crippen molar-refractivity contribution in [1.29, 1.82) is 0 Å². The highest BCUT2D eigenvalue weighted by Crippen LogP contribution is 2.52. The van der Waals surface area contributed by atoms with Gasteiger partial charge in [0.05, 0.1) is 5.69 Å². The number of aromatic nitrogens is 2. The smallest absolute Gasteiger partial charge is 0.333 e. The molecule has 0 radical (unpaired) electrons. The van der Waals surface area contributed by atoms with Crippen LogP contribution in [-0.4, -0.2) is 22.7 Å². The summed E-state index contributed by atoms with van der Waals surface area (Å²) in [5.74, 6) is 0. The number of hydrogen-bond donors (Lipinski definition) is 0. The standard InChI is InChI=1S/C54H32B2N4/c1-3-16-33(17-4-1)57-46-30-12-9-27-42(46)55-51-48(57)32-43-54(49(51)41-26-14-24-39-36-21-8-11-29-45(36)60(55)53(39)41)58(34-18-5-2-6-19-34)47-31-15-22-37-40-25-13-23-38-35-20-7-10-28-44(35)59(52(38)40)56(43)50(37)47/h1-32H. The Morgan fingerprint density at radius 3 is 1.57 bits per heavy atom. The van der Waals surface area contributed by atoms with E-state index in [1.54, 1.807) is 0 Å². The number of rotatable bonds is 2. The molecule has 6 heterocycles. The maximum Gasteiger partial charge on any atom is 0.333 e. The Morgan fingerprint density at radius 2 is 0.850 bits per heavy atom. The molecule has 4 aliphatic heterocycles. The predicted octanol–water partition coefficient (Wildman–Crippen LogP) is 10.7. The van der Waals surface area contributed by atoms with Crippen molar-refractivity contribution in [2.45, 2.75) is 0 Å². The van der Waals surface area contributed by atoms with Gasteiger partial charge in [0.15, 0.2) is 0 Å². The Morgan fingerprint density at radius 1 is 0.333 bits per heavy atom. The average molecular weight is 759 g/mol. The minimum atomic E-state index is -0.0785. The molecule has 0 aliphatic carbocycles. The SMILES string of the molecule is c1ccc(N2c3ccccc3B3c4c2cc2c(c4-c4cccc5c6ccccc6n3c45)N(c3ccccc3)c3cccc4c3B2n2c3ccccc3c3cccc-4c32)cc1. The molecule has 6 heteroatoms. The minimum absolute atomic E-state index is 0.0506. The molecule has 0 bridgehead atoms. The van der Waals surface area contributed by atoms with Gasteiger partial charge in [0.25, 0.3) is 0 Å². The monoisotopic (exact) mass is 758 g/mol. The summed E-state index contributed by atoms with van der Waals surface area (Å²) in [7, 11) is 0. The average Bonchev–Trinajstić information content (AvgIpc) is 3.83. The van der Waals surface area contributed by atoms with Gasteiger partial charge in [-0.05, 0) is 82.0 Å². The van der Waals surface area contributed by atoms with Crippen LogP contribution >= 0.6 is 0 Å². The van der Waals surface area contributed by atoms with Crippen molar-refractivity contribution in [2.75, 3.05) is 9.80 Å². The number of hydrogen-bond acceptors (Lipinski definition) is 2. The summed E-state index contributed by atoms with van der Waals surface area (Å²) in [6.45, 7) is -0.129. The maximum absolute atomic E-state index is 2.69. The van der Waals surface area contributed by atoms with E-state index >= 15 is 0 Å². The fourth-order valence-electron chi connectivity index (χ4n) is 11.9. The largest absolute Gasteiger partial charge is 0.375 e. The van der Waals surface area contributed by atoms with Crippen LogP contribution in [-0.2, 0) is 0 Å². The van der Waals surface area contributed by atoms with Crippen LogP contribution in [0.5, 0.6) is 0 Å². The molecule has 0 amide bonds. The van der Waals surface area contributed by atoms with Gasteiger partial charge in [-0.2, -0.15) is 0 Å². The molecule has 9 aromatic carbocycles. The number of para-hydroxylation sites is 7. The molecule has 0 saturated heterocycles. The van der Waals surface area contributed by atoms with Crippen LogP contribution in [0.15, 0.2) is 194 Å². The molecule has 274 valence electrons. The third-order valence-corrected chi connectivity index (χ3v) is 14.0. The summed E-state index contributed by atoms with van der Waals surface area (Å²) >= 11 is 0. The topological polar surface area (TPSA) is 16.3 Å². The molecule has 0 N–H and O–H groups in total. The highest BCUT2D eigenvalue weighted by molar-refractivity contribution is 6.93. The summed E-state index contributed by atoms with van der Waals surface area (Å²) in [5, 5.41) is 5.19. The van der Waals surface area contributed by atoms with Crippen LogP contribution in [0, 0.1) is 0 Å². The molecule has 15 rings (SSSR count). The first kappa shape index (κ1) is 31.3. The third-order valence-electron chi connectivity index (χ3n) is 14.0. The Kier molecular flexibility index (Phi) is 5.78. The molecule has 11 aromatic rings. The molecule has 4 nitrogen and oxygen atoms in total. The van der Waals surface area contributed by atoms with Crippen LogP contribution in [0.2, 0.25) is 0 Å². The van der Waals surface area contributed by atoms with Crippen LogP contribution in [0.3, 0.4) is 0 Å². The Labute approximate surface area is 347 Å². The highest BCUT2D eigenvalue weighted by Gasteiger charge is 2.49. The lowest BCUT2D eigenvalue weighted by Crippen LogP contribution is -2.61. The van der Waals surface area contributed by atoms with Crippen molar-refractivity contribution in [2.24, 2.45) is 0 Å². The van der Waals surface area contributed by atoms with Crippen LogP contribution in [0.1, 0.15) is 0 Å². The van der Waals surface area contributed by atoms with Gasteiger partial charge in [-0.1, -0.05) is 140 Å². The summed E-state index contributed by atoms with van der Waals surface area (Å²) < 4.78 is 5.36. The summed E-state index contributed by atoms with van der Waals surface area (Å²) in [6.07, 6.45) is 0. The number of fused-ring (bicyclic) bond motifs is 15. The molecule has 4 aliphatic rings. The number of anilines is 6. The van der Waals surface area contributed by atoms with Crippen molar-refractivity contribution in [3.63, 3.8) is 0 Å². The van der Waals surface area contributed by atoms with E-state index in [4.69, 9.17) is 0 Å². The number of benzene rings is 9. The van der Waals surface area contributed by atoms with Crippen molar-refractivity contribution in [3.8, 4) is 22.3 Å². The summed E-state index contributed by atoms with van der Waals surface area (Å²) in [4.78, 5) is 5.16. The fraction of sp³-hybridized carbons (Fsp3) is 0. The van der Waals surface area contributed by atoms with Crippen LogP contribution in [0.4, 0.5) is 34.1 Å². The molecule has 0 unspecified atom stereocenters. The number of nitrogens with zero attached hydrogens (tertiary/aromatic N) is 4. The zero-order valence-electron chi connectivity index (χ0n) is 32.4. The van der Waals surface area contributed by atoms with Crippen molar-refractivity contribution in [1.82, 2.24) is 8.96 Å². The van der Waals surface area contributed by atoms with Gasteiger partial charge in [0.1, 0.15) is 0 Å². The van der Waals surface area contributed by atoms with E-state index in [9.17, 15) is 0 Å². The van der Waals surface area contributed by atoms with Crippen LogP contribution < -0.4 is 31.7 Å². The molecule has 0 fully saturated rings. The van der Waals surface area contributed by atoms with Crippen molar-refractivity contribution >= 4 is 113 Å².